The minimum absolute atomic E-state index is 0.0667. The Morgan fingerprint density at radius 1 is 1.33 bits per heavy atom. The second-order valence-electron chi connectivity index (χ2n) is 6.42. The third kappa shape index (κ3) is 3.40. The molecule has 1 aliphatic heterocycles. The van der Waals surface area contributed by atoms with E-state index < -0.39 is 5.82 Å². The van der Waals surface area contributed by atoms with E-state index >= 15 is 0 Å². The average molecular weight is 295 g/mol. The first-order chi connectivity index (χ1) is 9.79. The van der Waals surface area contributed by atoms with Gasteiger partial charge in [0, 0.05) is 31.3 Å². The van der Waals surface area contributed by atoms with Crippen LogP contribution in [0.1, 0.15) is 20.8 Å². The molecule has 0 bridgehead atoms. The van der Waals surface area contributed by atoms with Crippen molar-refractivity contribution in [2.45, 2.75) is 32.9 Å². The van der Waals surface area contributed by atoms with Crippen molar-refractivity contribution in [2.24, 2.45) is 5.92 Å². The number of rotatable bonds is 4. The zero-order valence-corrected chi connectivity index (χ0v) is 13.6. The molecule has 0 radical (unpaired) electrons. The van der Waals surface area contributed by atoms with Crippen molar-refractivity contribution in [2.75, 3.05) is 37.8 Å². The van der Waals surface area contributed by atoms with Crippen molar-refractivity contribution in [1.29, 1.82) is 0 Å². The molecular formula is C16H26FN3O. The molecule has 0 aromatic heterocycles. The molecule has 2 N–H and O–H groups in total. The molecule has 1 aromatic carbocycles. The number of nitrogens with two attached hydrogens (primary N) is 1. The van der Waals surface area contributed by atoms with Gasteiger partial charge in [0.1, 0.15) is 0 Å². The van der Waals surface area contributed by atoms with Crippen molar-refractivity contribution in [3.05, 3.63) is 17.9 Å². The van der Waals surface area contributed by atoms with Gasteiger partial charge in [0.05, 0.1) is 17.5 Å². The van der Waals surface area contributed by atoms with E-state index in [0.29, 0.717) is 17.6 Å². The maximum atomic E-state index is 13.9. The fourth-order valence-corrected chi connectivity index (χ4v) is 2.99. The molecule has 1 heterocycles. The lowest BCUT2D eigenvalue weighted by Gasteiger charge is -2.24. The quantitative estimate of drug-likeness (QED) is 0.867. The van der Waals surface area contributed by atoms with E-state index in [1.54, 1.807) is 6.07 Å². The Kier molecular flexibility index (Phi) is 4.61. The monoisotopic (exact) mass is 295 g/mol. The van der Waals surface area contributed by atoms with Gasteiger partial charge >= 0.3 is 0 Å². The summed E-state index contributed by atoms with van der Waals surface area (Å²) < 4.78 is 19.5. The summed E-state index contributed by atoms with van der Waals surface area (Å²) in [4.78, 5) is 4.45. The molecule has 0 aliphatic carbocycles. The van der Waals surface area contributed by atoms with Gasteiger partial charge < -0.3 is 20.3 Å². The number of nitrogen functional groups attached to an aromatic ring is 1. The van der Waals surface area contributed by atoms with Crippen LogP contribution in [0.5, 0.6) is 5.75 Å². The maximum absolute atomic E-state index is 13.9. The Hall–Kier alpha value is -1.49. The lowest BCUT2D eigenvalue weighted by molar-refractivity contribution is 0.231. The van der Waals surface area contributed by atoms with Gasteiger partial charge in [-0.15, -0.1) is 0 Å². The molecule has 2 rings (SSSR count). The summed E-state index contributed by atoms with van der Waals surface area (Å²) >= 11 is 0. The first-order valence-corrected chi connectivity index (χ1v) is 7.46. The average Bonchev–Trinajstić information content (AvgIpc) is 2.74. The lowest BCUT2D eigenvalue weighted by atomic mass is 10.1. The van der Waals surface area contributed by atoms with Crippen LogP contribution in [0, 0.1) is 11.7 Å². The molecule has 2 unspecified atom stereocenters. The van der Waals surface area contributed by atoms with Crippen LogP contribution >= 0.6 is 0 Å². The zero-order chi connectivity index (χ0) is 15.7. The van der Waals surface area contributed by atoms with Gasteiger partial charge in [-0.2, -0.15) is 0 Å². The van der Waals surface area contributed by atoms with Crippen LogP contribution < -0.4 is 15.4 Å². The number of hydrogen-bond donors (Lipinski definition) is 1. The molecule has 0 amide bonds. The second-order valence-corrected chi connectivity index (χ2v) is 6.42. The van der Waals surface area contributed by atoms with Crippen molar-refractivity contribution in [3.63, 3.8) is 0 Å². The summed E-state index contributed by atoms with van der Waals surface area (Å²) in [6.07, 6.45) is -0.0667. The molecule has 0 saturated carbocycles. The summed E-state index contributed by atoms with van der Waals surface area (Å²) in [5, 5.41) is 0. The first-order valence-electron chi connectivity index (χ1n) is 7.46. The Labute approximate surface area is 126 Å². The van der Waals surface area contributed by atoms with E-state index in [9.17, 15) is 4.39 Å². The number of nitrogens with zero attached hydrogens (tertiary/aromatic N) is 2. The largest absolute Gasteiger partial charge is 0.488 e. The van der Waals surface area contributed by atoms with Gasteiger partial charge in [0.2, 0.25) is 0 Å². The molecule has 21 heavy (non-hydrogen) atoms. The van der Waals surface area contributed by atoms with Crippen LogP contribution in [0.3, 0.4) is 0 Å². The molecule has 4 nitrogen and oxygen atoms in total. The van der Waals surface area contributed by atoms with E-state index in [0.717, 1.165) is 18.8 Å². The number of benzene rings is 1. The lowest BCUT2D eigenvalue weighted by Crippen LogP contribution is -2.34. The fraction of sp³-hybridized carbons (Fsp3) is 0.625. The predicted molar refractivity (Wildman–Crippen MR) is 85.4 cm³/mol. The third-order valence-electron chi connectivity index (χ3n) is 4.02. The molecule has 1 aliphatic rings. The van der Waals surface area contributed by atoms with Crippen molar-refractivity contribution in [1.82, 2.24) is 4.90 Å². The van der Waals surface area contributed by atoms with Crippen LogP contribution in [0.25, 0.3) is 0 Å². The number of anilines is 2. The third-order valence-corrected chi connectivity index (χ3v) is 4.02. The van der Waals surface area contributed by atoms with Crippen molar-refractivity contribution >= 4 is 11.4 Å². The summed E-state index contributed by atoms with van der Waals surface area (Å²) in [5.41, 5.74) is 7.35. The van der Waals surface area contributed by atoms with Gasteiger partial charge in [0.15, 0.2) is 11.6 Å². The second kappa shape index (κ2) is 6.10. The SMILES string of the molecule is CC(C)Oc1cc(N2CC(C)C(N(C)C)C2)c(N)cc1F. The molecule has 2 atom stereocenters. The Bertz CT molecular complexity index is 505. The highest BCUT2D eigenvalue weighted by atomic mass is 19.1. The van der Waals surface area contributed by atoms with Crippen LogP contribution in [-0.4, -0.2) is 44.2 Å². The van der Waals surface area contributed by atoms with E-state index in [1.165, 1.54) is 6.07 Å². The van der Waals surface area contributed by atoms with Gasteiger partial charge in [0.25, 0.3) is 0 Å². The minimum Gasteiger partial charge on any atom is -0.488 e. The number of halogens is 1. The summed E-state index contributed by atoms with van der Waals surface area (Å²) in [7, 11) is 4.18. The first kappa shape index (κ1) is 15.9. The fourth-order valence-electron chi connectivity index (χ4n) is 2.99. The summed E-state index contributed by atoms with van der Waals surface area (Å²) in [6, 6.07) is 3.57. The Balaban J connectivity index is 2.28. The molecule has 5 heteroatoms. The number of hydrogen-bond acceptors (Lipinski definition) is 4. The van der Waals surface area contributed by atoms with Crippen molar-refractivity contribution in [3.8, 4) is 5.75 Å². The highest BCUT2D eigenvalue weighted by molar-refractivity contribution is 5.70. The van der Waals surface area contributed by atoms with Crippen LogP contribution in [0.2, 0.25) is 0 Å². The van der Waals surface area contributed by atoms with Gasteiger partial charge in [-0.05, 0) is 33.9 Å². The summed E-state index contributed by atoms with van der Waals surface area (Å²) in [5.74, 6) is 0.412. The van der Waals surface area contributed by atoms with E-state index in [-0.39, 0.29) is 11.9 Å². The highest BCUT2D eigenvalue weighted by Gasteiger charge is 2.32. The van der Waals surface area contributed by atoms with E-state index in [2.05, 4.69) is 30.8 Å². The molecule has 0 spiro atoms. The molecule has 1 fully saturated rings. The number of ether oxygens (including phenoxy) is 1. The molecule has 1 saturated heterocycles. The van der Waals surface area contributed by atoms with Gasteiger partial charge in [-0.3, -0.25) is 0 Å². The summed E-state index contributed by atoms with van der Waals surface area (Å²) in [6.45, 7) is 7.81. The predicted octanol–water partition coefficient (Wildman–Crippen LogP) is 2.58. The van der Waals surface area contributed by atoms with Crippen LogP contribution in [-0.2, 0) is 0 Å². The van der Waals surface area contributed by atoms with Crippen LogP contribution in [0.15, 0.2) is 12.1 Å². The van der Waals surface area contributed by atoms with Gasteiger partial charge in [-0.1, -0.05) is 6.92 Å². The Morgan fingerprint density at radius 3 is 2.52 bits per heavy atom. The topological polar surface area (TPSA) is 41.7 Å². The van der Waals surface area contributed by atoms with E-state index in [1.807, 2.05) is 13.8 Å². The molecular weight excluding hydrogens is 269 g/mol. The normalized spacial score (nSPS) is 22.4. The minimum atomic E-state index is -0.402. The van der Waals surface area contributed by atoms with Crippen molar-refractivity contribution < 1.29 is 9.13 Å². The molecule has 118 valence electrons. The van der Waals surface area contributed by atoms with Crippen LogP contribution in [0.4, 0.5) is 15.8 Å². The maximum Gasteiger partial charge on any atom is 0.167 e. The van der Waals surface area contributed by atoms with E-state index in [4.69, 9.17) is 10.5 Å². The zero-order valence-electron chi connectivity index (χ0n) is 13.6. The molecule has 1 aromatic rings. The number of likely N-dealkylation sites (N-methyl/N-ethyl adjacent to an activating group) is 1. The van der Waals surface area contributed by atoms with Gasteiger partial charge in [-0.25, -0.2) is 4.39 Å². The standard InChI is InChI=1S/C16H26FN3O/c1-10(2)21-16-7-14(13(18)6-12(16)17)20-8-11(3)15(9-20)19(4)5/h6-7,10-11,15H,8-9,18H2,1-5H3. The Morgan fingerprint density at radius 2 is 2.00 bits per heavy atom. The smallest absolute Gasteiger partial charge is 0.167 e. The highest BCUT2D eigenvalue weighted by Crippen LogP contribution is 2.35.